The number of fused-ring (bicyclic) bond motifs is 2. The summed E-state index contributed by atoms with van der Waals surface area (Å²) < 4.78 is 16.3. The topological polar surface area (TPSA) is 86.7 Å². The van der Waals surface area contributed by atoms with Crippen molar-refractivity contribution >= 4 is 28.0 Å². The molecule has 0 bridgehead atoms. The number of benzene rings is 3. The zero-order chi connectivity index (χ0) is 20.0. The molecule has 0 saturated carbocycles. The fourth-order valence-electron chi connectivity index (χ4n) is 3.24. The molecule has 0 aliphatic carbocycles. The lowest BCUT2D eigenvalue weighted by atomic mass is 10.2. The van der Waals surface area contributed by atoms with Crippen LogP contribution in [-0.2, 0) is 0 Å². The summed E-state index contributed by atoms with van der Waals surface area (Å²) in [4.78, 5) is 24.3. The van der Waals surface area contributed by atoms with Crippen LogP contribution < -0.4 is 0 Å². The number of non-ortho nitro benzene ring substituents is 1. The Bertz CT molecular complexity index is 1400. The molecule has 0 aliphatic heterocycles. The molecule has 5 rings (SSSR count). The second-order valence-corrected chi connectivity index (χ2v) is 6.39. The van der Waals surface area contributed by atoms with Gasteiger partial charge < -0.3 is 0 Å². The van der Waals surface area contributed by atoms with Crippen molar-refractivity contribution in [3.8, 4) is 17.1 Å². The van der Waals surface area contributed by atoms with Gasteiger partial charge >= 0.3 is 0 Å². The van der Waals surface area contributed by atoms with E-state index in [-0.39, 0.29) is 11.4 Å². The number of nitro benzene ring substituents is 1. The number of nitrogens with zero attached hydrogens (tertiary/aromatic N) is 5. The van der Waals surface area contributed by atoms with E-state index in [9.17, 15) is 14.5 Å². The number of hydrogen-bond acceptors (Lipinski definition) is 5. The molecule has 0 unspecified atom stereocenters. The van der Waals surface area contributed by atoms with Crippen molar-refractivity contribution in [2.75, 3.05) is 0 Å². The summed E-state index contributed by atoms with van der Waals surface area (Å²) in [5.41, 5.74) is 2.92. The first-order chi connectivity index (χ1) is 14.1. The van der Waals surface area contributed by atoms with E-state index in [1.54, 1.807) is 34.9 Å². The highest BCUT2D eigenvalue weighted by molar-refractivity contribution is 5.86. The number of nitro groups is 1. The molecule has 0 radical (unpaired) electrons. The summed E-state index contributed by atoms with van der Waals surface area (Å²) in [6, 6.07) is 19.6. The zero-order valence-electron chi connectivity index (χ0n) is 14.9. The lowest BCUT2D eigenvalue weighted by molar-refractivity contribution is -0.384. The zero-order valence-corrected chi connectivity index (χ0v) is 14.9. The minimum absolute atomic E-state index is 0.0377. The minimum atomic E-state index is -0.473. The Morgan fingerprint density at radius 2 is 1.48 bits per heavy atom. The SMILES string of the molecule is O=[N+]([O-])c1ccc(-c2nc3nc4ccccc4nc3n2-c2ccccc2F)cc1. The molecule has 0 saturated heterocycles. The van der Waals surface area contributed by atoms with Crippen molar-refractivity contribution < 1.29 is 9.31 Å². The van der Waals surface area contributed by atoms with E-state index in [1.165, 1.54) is 18.2 Å². The second-order valence-electron chi connectivity index (χ2n) is 6.39. The van der Waals surface area contributed by atoms with Crippen LogP contribution in [0.5, 0.6) is 0 Å². The highest BCUT2D eigenvalue weighted by Crippen LogP contribution is 2.30. The lowest BCUT2D eigenvalue weighted by Crippen LogP contribution is -2.02. The fraction of sp³-hybridized carbons (Fsp3) is 0. The predicted octanol–water partition coefficient (Wildman–Crippen LogP) is 4.68. The smallest absolute Gasteiger partial charge is 0.269 e. The van der Waals surface area contributed by atoms with Gasteiger partial charge in [0.25, 0.3) is 5.69 Å². The van der Waals surface area contributed by atoms with Gasteiger partial charge in [0.05, 0.1) is 21.6 Å². The Morgan fingerprint density at radius 3 is 2.17 bits per heavy atom. The van der Waals surface area contributed by atoms with Crippen LogP contribution in [0.15, 0.2) is 72.8 Å². The van der Waals surface area contributed by atoms with E-state index in [4.69, 9.17) is 0 Å². The van der Waals surface area contributed by atoms with E-state index in [1.807, 2.05) is 24.3 Å². The van der Waals surface area contributed by atoms with E-state index in [2.05, 4.69) is 15.0 Å². The summed E-state index contributed by atoms with van der Waals surface area (Å²) in [7, 11) is 0. The monoisotopic (exact) mass is 385 g/mol. The largest absolute Gasteiger partial charge is 0.272 e. The number of rotatable bonds is 3. The van der Waals surface area contributed by atoms with Crippen LogP contribution in [0.4, 0.5) is 10.1 Å². The molecule has 7 nitrogen and oxygen atoms in total. The van der Waals surface area contributed by atoms with Crippen molar-refractivity contribution in [2.24, 2.45) is 0 Å². The molecule has 5 aromatic rings. The molecule has 0 atom stereocenters. The average Bonchev–Trinajstić information content (AvgIpc) is 3.10. The Labute approximate surface area is 163 Å². The van der Waals surface area contributed by atoms with Gasteiger partial charge in [-0.15, -0.1) is 0 Å². The Hall–Kier alpha value is -4.20. The maximum Gasteiger partial charge on any atom is 0.269 e. The summed E-state index contributed by atoms with van der Waals surface area (Å²) in [5, 5.41) is 11.0. The lowest BCUT2D eigenvalue weighted by Gasteiger charge is -2.10. The Balaban J connectivity index is 1.84. The van der Waals surface area contributed by atoms with E-state index < -0.39 is 10.7 Å². The fourth-order valence-corrected chi connectivity index (χ4v) is 3.24. The average molecular weight is 385 g/mol. The van der Waals surface area contributed by atoms with Gasteiger partial charge in [-0.2, -0.15) is 0 Å². The minimum Gasteiger partial charge on any atom is -0.272 e. The third-order valence-electron chi connectivity index (χ3n) is 4.60. The first-order valence-electron chi connectivity index (χ1n) is 8.77. The second kappa shape index (κ2) is 6.45. The van der Waals surface area contributed by atoms with E-state index in [0.29, 0.717) is 33.7 Å². The molecule has 0 aliphatic rings. The highest BCUT2D eigenvalue weighted by atomic mass is 19.1. The molecule has 0 spiro atoms. The number of hydrogen-bond donors (Lipinski definition) is 0. The van der Waals surface area contributed by atoms with Gasteiger partial charge in [-0.05, 0) is 36.4 Å². The third-order valence-corrected chi connectivity index (χ3v) is 4.60. The van der Waals surface area contributed by atoms with E-state index in [0.717, 1.165) is 0 Å². The van der Waals surface area contributed by atoms with Crippen LogP contribution in [-0.4, -0.2) is 24.4 Å². The van der Waals surface area contributed by atoms with Gasteiger partial charge in [0.1, 0.15) is 11.6 Å². The molecule has 3 aromatic carbocycles. The van der Waals surface area contributed by atoms with Crippen LogP contribution in [0.2, 0.25) is 0 Å². The van der Waals surface area contributed by atoms with Gasteiger partial charge in [-0.1, -0.05) is 24.3 Å². The van der Waals surface area contributed by atoms with Gasteiger partial charge in [0.2, 0.25) is 0 Å². The molecule has 2 heterocycles. The molecule has 140 valence electrons. The van der Waals surface area contributed by atoms with Crippen LogP contribution in [0.25, 0.3) is 39.4 Å². The normalized spacial score (nSPS) is 11.2. The van der Waals surface area contributed by atoms with Crippen LogP contribution in [0, 0.1) is 15.9 Å². The Morgan fingerprint density at radius 1 is 0.828 bits per heavy atom. The van der Waals surface area contributed by atoms with Gasteiger partial charge in [-0.3, -0.25) is 14.7 Å². The first kappa shape index (κ1) is 16.9. The molecule has 8 heteroatoms. The number of para-hydroxylation sites is 3. The highest BCUT2D eigenvalue weighted by Gasteiger charge is 2.20. The Kier molecular flexibility index (Phi) is 3.77. The number of halogens is 1. The summed E-state index contributed by atoms with van der Waals surface area (Å²) in [5.74, 6) is -0.0415. The molecule has 0 amide bonds. The number of aromatic nitrogens is 4. The first-order valence-corrected chi connectivity index (χ1v) is 8.77. The molecule has 0 fully saturated rings. The number of imidazole rings is 1. The van der Waals surface area contributed by atoms with Crippen molar-refractivity contribution in [2.45, 2.75) is 0 Å². The quantitative estimate of drug-likeness (QED) is 0.332. The standard InChI is InChI=1S/C21H12FN5O2/c22-15-5-1-4-8-18(15)26-20(13-9-11-14(12-10-13)27(28)29)25-19-21(26)24-17-7-3-2-6-16(17)23-19/h1-12H. The van der Waals surface area contributed by atoms with Crippen molar-refractivity contribution in [3.63, 3.8) is 0 Å². The van der Waals surface area contributed by atoms with Gasteiger partial charge in [0, 0.05) is 17.7 Å². The van der Waals surface area contributed by atoms with E-state index >= 15 is 0 Å². The van der Waals surface area contributed by atoms with Crippen LogP contribution in [0.3, 0.4) is 0 Å². The van der Waals surface area contributed by atoms with Crippen molar-refractivity contribution in [1.82, 2.24) is 19.5 Å². The van der Waals surface area contributed by atoms with Crippen molar-refractivity contribution in [1.29, 1.82) is 0 Å². The van der Waals surface area contributed by atoms with Gasteiger partial charge in [-0.25, -0.2) is 19.3 Å². The summed E-state index contributed by atoms with van der Waals surface area (Å²) >= 11 is 0. The van der Waals surface area contributed by atoms with Gasteiger partial charge in [0.15, 0.2) is 11.3 Å². The molecule has 2 aromatic heterocycles. The predicted molar refractivity (Wildman–Crippen MR) is 106 cm³/mol. The van der Waals surface area contributed by atoms with Crippen LogP contribution in [0.1, 0.15) is 0 Å². The third kappa shape index (κ3) is 2.78. The van der Waals surface area contributed by atoms with Crippen molar-refractivity contribution in [3.05, 3.63) is 88.7 Å². The molecular weight excluding hydrogens is 373 g/mol. The maximum atomic E-state index is 14.7. The molecular formula is C21H12FN5O2. The summed E-state index contributed by atoms with van der Waals surface area (Å²) in [6.07, 6.45) is 0. The summed E-state index contributed by atoms with van der Waals surface area (Å²) in [6.45, 7) is 0. The molecule has 0 N–H and O–H groups in total. The van der Waals surface area contributed by atoms with Crippen LogP contribution >= 0.6 is 0 Å². The molecule has 29 heavy (non-hydrogen) atoms. The maximum absolute atomic E-state index is 14.7.